The molecule has 2 bridgehead atoms. The number of esters is 1. The van der Waals surface area contributed by atoms with Crippen LogP contribution in [-0.2, 0) is 9.53 Å². The third kappa shape index (κ3) is 1.33. The van der Waals surface area contributed by atoms with Gasteiger partial charge in [-0.05, 0) is 31.1 Å². The van der Waals surface area contributed by atoms with Gasteiger partial charge in [0, 0.05) is 13.0 Å². The summed E-state index contributed by atoms with van der Waals surface area (Å²) in [7, 11) is 0. The van der Waals surface area contributed by atoms with Gasteiger partial charge >= 0.3 is 5.97 Å². The Morgan fingerprint density at radius 1 is 1.50 bits per heavy atom. The van der Waals surface area contributed by atoms with E-state index in [0.29, 0.717) is 18.3 Å². The van der Waals surface area contributed by atoms with E-state index in [-0.39, 0.29) is 18.7 Å². The van der Waals surface area contributed by atoms with E-state index in [1.54, 1.807) is 0 Å². The minimum atomic E-state index is -0.0447. The molecule has 0 unspecified atom stereocenters. The topological polar surface area (TPSA) is 46.5 Å². The average Bonchev–Trinajstić information content (AvgIpc) is 2.28. The third-order valence-electron chi connectivity index (χ3n) is 3.02. The van der Waals surface area contributed by atoms with Crippen molar-refractivity contribution in [1.29, 1.82) is 0 Å². The molecule has 3 nitrogen and oxygen atoms in total. The van der Waals surface area contributed by atoms with Crippen molar-refractivity contribution in [3.8, 4) is 0 Å². The normalized spacial score (nSPS) is 39.8. The molecule has 0 aromatic heterocycles. The van der Waals surface area contributed by atoms with E-state index in [0.717, 1.165) is 19.3 Å². The van der Waals surface area contributed by atoms with Crippen molar-refractivity contribution in [1.82, 2.24) is 0 Å². The Bertz CT molecular complexity index is 190. The van der Waals surface area contributed by atoms with Crippen molar-refractivity contribution in [3.63, 3.8) is 0 Å². The average molecular weight is 170 g/mol. The van der Waals surface area contributed by atoms with Crippen LogP contribution in [0.2, 0.25) is 0 Å². The van der Waals surface area contributed by atoms with Crippen molar-refractivity contribution in [2.24, 2.45) is 11.8 Å². The number of rotatable bonds is 2. The SMILES string of the molecule is O=C1C[C@H]2C[C@H](C[C@@H]2CCO)O1. The van der Waals surface area contributed by atoms with Gasteiger partial charge in [0.1, 0.15) is 6.10 Å². The molecule has 12 heavy (non-hydrogen) atoms. The van der Waals surface area contributed by atoms with Gasteiger partial charge in [-0.25, -0.2) is 0 Å². The molecule has 0 aromatic rings. The fourth-order valence-corrected chi connectivity index (χ4v) is 2.47. The number of fused-ring (bicyclic) bond motifs is 2. The molecule has 0 spiro atoms. The number of hydrogen-bond donors (Lipinski definition) is 1. The molecule has 1 saturated heterocycles. The number of aliphatic hydroxyl groups excluding tert-OH is 1. The van der Waals surface area contributed by atoms with E-state index in [1.807, 2.05) is 0 Å². The molecule has 2 aliphatic rings. The van der Waals surface area contributed by atoms with Crippen molar-refractivity contribution >= 4 is 5.97 Å². The molecule has 0 amide bonds. The van der Waals surface area contributed by atoms with Gasteiger partial charge in [0.15, 0.2) is 0 Å². The number of hydrogen-bond acceptors (Lipinski definition) is 3. The molecule has 1 saturated carbocycles. The summed E-state index contributed by atoms with van der Waals surface area (Å²) in [5.74, 6) is 0.964. The van der Waals surface area contributed by atoms with E-state index < -0.39 is 0 Å². The number of aliphatic hydroxyl groups is 1. The maximum atomic E-state index is 11.0. The molecule has 1 heterocycles. The van der Waals surface area contributed by atoms with Gasteiger partial charge in [-0.2, -0.15) is 0 Å². The Balaban J connectivity index is 1.99. The van der Waals surface area contributed by atoms with Gasteiger partial charge in [0.05, 0.1) is 0 Å². The standard InChI is InChI=1S/C9H14O3/c10-2-1-6-3-8-4-7(6)5-9(11)12-8/h6-8,10H,1-5H2/t6-,7+,8-/m0/s1. The highest BCUT2D eigenvalue weighted by Gasteiger charge is 2.41. The van der Waals surface area contributed by atoms with Crippen molar-refractivity contribution in [2.75, 3.05) is 6.61 Å². The summed E-state index contributed by atoms with van der Waals surface area (Å²) in [5.41, 5.74) is 0. The van der Waals surface area contributed by atoms with Crippen molar-refractivity contribution in [2.45, 2.75) is 31.8 Å². The number of carbonyl (C=O) groups is 1. The van der Waals surface area contributed by atoms with Crippen LogP contribution in [0.5, 0.6) is 0 Å². The van der Waals surface area contributed by atoms with Crippen LogP contribution in [0.1, 0.15) is 25.7 Å². The maximum Gasteiger partial charge on any atom is 0.306 e. The molecule has 1 N–H and O–H groups in total. The smallest absolute Gasteiger partial charge is 0.306 e. The molecule has 0 radical (unpaired) electrons. The lowest BCUT2D eigenvalue weighted by molar-refractivity contribution is -0.152. The molecular weight excluding hydrogens is 156 g/mol. The summed E-state index contributed by atoms with van der Waals surface area (Å²) >= 11 is 0. The molecule has 3 atom stereocenters. The van der Waals surface area contributed by atoms with Crippen molar-refractivity contribution in [3.05, 3.63) is 0 Å². The Hall–Kier alpha value is -0.570. The summed E-state index contributed by atoms with van der Waals surface area (Å²) in [4.78, 5) is 11.0. The highest BCUT2D eigenvalue weighted by molar-refractivity contribution is 5.71. The second-order valence-corrected chi connectivity index (χ2v) is 3.82. The van der Waals surface area contributed by atoms with Crippen LogP contribution in [0.3, 0.4) is 0 Å². The van der Waals surface area contributed by atoms with Gasteiger partial charge < -0.3 is 9.84 Å². The monoisotopic (exact) mass is 170 g/mol. The predicted octanol–water partition coefficient (Wildman–Crippen LogP) is 0.710. The molecule has 3 heteroatoms. The van der Waals surface area contributed by atoms with Crippen LogP contribution in [0.15, 0.2) is 0 Å². The molecular formula is C9H14O3. The minimum absolute atomic E-state index is 0.0447. The molecule has 2 rings (SSSR count). The zero-order valence-corrected chi connectivity index (χ0v) is 7.03. The Morgan fingerprint density at radius 2 is 2.33 bits per heavy atom. The number of ether oxygens (including phenoxy) is 1. The number of carbonyl (C=O) groups excluding carboxylic acids is 1. The fraction of sp³-hybridized carbons (Fsp3) is 0.889. The lowest BCUT2D eigenvalue weighted by atomic mass is 9.90. The lowest BCUT2D eigenvalue weighted by Crippen LogP contribution is -2.22. The molecule has 1 aliphatic heterocycles. The minimum Gasteiger partial charge on any atom is -0.462 e. The first kappa shape index (κ1) is 8.05. The van der Waals surface area contributed by atoms with Gasteiger partial charge in [0.2, 0.25) is 0 Å². The second-order valence-electron chi connectivity index (χ2n) is 3.82. The van der Waals surface area contributed by atoms with Gasteiger partial charge in [0.25, 0.3) is 0 Å². The first-order chi connectivity index (χ1) is 5.79. The highest BCUT2D eigenvalue weighted by Crippen LogP contribution is 2.41. The summed E-state index contributed by atoms with van der Waals surface area (Å²) < 4.78 is 5.13. The van der Waals surface area contributed by atoms with Crippen molar-refractivity contribution < 1.29 is 14.6 Å². The molecule has 2 fully saturated rings. The first-order valence-electron chi connectivity index (χ1n) is 4.60. The zero-order chi connectivity index (χ0) is 8.55. The third-order valence-corrected chi connectivity index (χ3v) is 3.02. The lowest BCUT2D eigenvalue weighted by Gasteiger charge is -2.19. The van der Waals surface area contributed by atoms with Crippen LogP contribution < -0.4 is 0 Å². The van der Waals surface area contributed by atoms with E-state index in [2.05, 4.69) is 0 Å². The Labute approximate surface area is 71.7 Å². The summed E-state index contributed by atoms with van der Waals surface area (Å²) in [6.45, 7) is 0.238. The van der Waals surface area contributed by atoms with Crippen LogP contribution in [0.4, 0.5) is 0 Å². The maximum absolute atomic E-state index is 11.0. The molecule has 0 aromatic carbocycles. The van der Waals surface area contributed by atoms with Gasteiger partial charge in [-0.3, -0.25) is 4.79 Å². The second kappa shape index (κ2) is 3.05. The van der Waals surface area contributed by atoms with Crippen LogP contribution in [0, 0.1) is 11.8 Å². The zero-order valence-electron chi connectivity index (χ0n) is 7.03. The van der Waals surface area contributed by atoms with Gasteiger partial charge in [-0.15, -0.1) is 0 Å². The largest absolute Gasteiger partial charge is 0.462 e. The predicted molar refractivity (Wildman–Crippen MR) is 42.4 cm³/mol. The molecule has 68 valence electrons. The van der Waals surface area contributed by atoms with E-state index in [4.69, 9.17) is 9.84 Å². The first-order valence-corrected chi connectivity index (χ1v) is 4.60. The van der Waals surface area contributed by atoms with Crippen LogP contribution in [-0.4, -0.2) is 23.8 Å². The van der Waals surface area contributed by atoms with Gasteiger partial charge in [-0.1, -0.05) is 0 Å². The fourth-order valence-electron chi connectivity index (χ4n) is 2.47. The quantitative estimate of drug-likeness (QED) is 0.621. The summed E-state index contributed by atoms with van der Waals surface area (Å²) in [6.07, 6.45) is 3.56. The molecule has 1 aliphatic carbocycles. The van der Waals surface area contributed by atoms with Crippen LogP contribution >= 0.6 is 0 Å². The summed E-state index contributed by atoms with van der Waals surface area (Å²) in [5, 5.41) is 8.79. The van der Waals surface area contributed by atoms with Crippen LogP contribution in [0.25, 0.3) is 0 Å². The van der Waals surface area contributed by atoms with E-state index >= 15 is 0 Å². The highest BCUT2D eigenvalue weighted by atomic mass is 16.5. The summed E-state index contributed by atoms with van der Waals surface area (Å²) in [6, 6.07) is 0. The van der Waals surface area contributed by atoms with E-state index in [1.165, 1.54) is 0 Å². The Morgan fingerprint density at radius 3 is 3.08 bits per heavy atom. The Kier molecular flexibility index (Phi) is 2.05. The van der Waals surface area contributed by atoms with E-state index in [9.17, 15) is 4.79 Å².